The number of carbonyl (C=O) groups is 4. The highest BCUT2D eigenvalue weighted by molar-refractivity contribution is 6.06. The minimum atomic E-state index is -0.494. The standard InChI is InChI=1S/C26H28N6O5/c1-31-15-18(29-24(34)20-11-16-7-4-5-8-19(16)30-20)12-21(31)25(35)27-10-6-9-23(33)28-17-13-22(26(36)37-3)32(2)14-17/h4-5,7-8,11-15,30H,6,9-10H2,1-3H3,(H,27,35)(H,28,33)(H,29,34). The second-order valence-corrected chi connectivity index (χ2v) is 8.57. The lowest BCUT2D eigenvalue weighted by Gasteiger charge is -2.06. The van der Waals surface area contributed by atoms with Gasteiger partial charge in [0.15, 0.2) is 0 Å². The van der Waals surface area contributed by atoms with Crippen molar-refractivity contribution in [3.8, 4) is 0 Å². The molecular weight excluding hydrogens is 476 g/mol. The molecule has 0 saturated carbocycles. The molecule has 0 atom stereocenters. The van der Waals surface area contributed by atoms with E-state index in [-0.39, 0.29) is 30.7 Å². The van der Waals surface area contributed by atoms with E-state index in [2.05, 4.69) is 20.9 Å². The summed E-state index contributed by atoms with van der Waals surface area (Å²) in [7, 11) is 4.68. The summed E-state index contributed by atoms with van der Waals surface area (Å²) in [5.41, 5.74) is 2.96. The van der Waals surface area contributed by atoms with Gasteiger partial charge in [-0.15, -0.1) is 0 Å². The number of rotatable bonds is 9. The fraction of sp³-hybridized carbons (Fsp3) is 0.231. The minimum absolute atomic E-state index is 0.182. The molecule has 3 aromatic heterocycles. The predicted molar refractivity (Wildman–Crippen MR) is 139 cm³/mol. The number of carbonyl (C=O) groups excluding carboxylic acids is 4. The number of ether oxygens (including phenoxy) is 1. The highest BCUT2D eigenvalue weighted by Crippen LogP contribution is 2.18. The summed E-state index contributed by atoms with van der Waals surface area (Å²) in [5.74, 6) is -1.36. The number of para-hydroxylation sites is 1. The quantitative estimate of drug-likeness (QED) is 0.205. The average molecular weight is 505 g/mol. The van der Waals surface area contributed by atoms with Gasteiger partial charge in [-0.25, -0.2) is 4.79 Å². The number of hydrogen-bond acceptors (Lipinski definition) is 5. The number of hydrogen-bond donors (Lipinski definition) is 4. The summed E-state index contributed by atoms with van der Waals surface area (Å²) in [6.07, 6.45) is 3.88. The Kier molecular flexibility index (Phi) is 7.42. The van der Waals surface area contributed by atoms with Gasteiger partial charge in [0.1, 0.15) is 17.1 Å². The molecule has 11 nitrogen and oxygen atoms in total. The van der Waals surface area contributed by atoms with Crippen molar-refractivity contribution in [1.82, 2.24) is 19.4 Å². The van der Waals surface area contributed by atoms with Gasteiger partial charge < -0.3 is 34.8 Å². The molecule has 0 radical (unpaired) electrons. The molecule has 0 fully saturated rings. The lowest BCUT2D eigenvalue weighted by atomic mass is 10.2. The van der Waals surface area contributed by atoms with E-state index in [0.717, 1.165) is 10.9 Å². The third kappa shape index (κ3) is 5.89. The highest BCUT2D eigenvalue weighted by Gasteiger charge is 2.16. The van der Waals surface area contributed by atoms with Crippen LogP contribution >= 0.6 is 0 Å². The molecule has 0 saturated heterocycles. The third-order valence-corrected chi connectivity index (χ3v) is 5.82. The number of benzene rings is 1. The Labute approximate surface area is 212 Å². The summed E-state index contributed by atoms with van der Waals surface area (Å²) in [6, 6.07) is 12.5. The van der Waals surface area contributed by atoms with Crippen LogP contribution in [0.5, 0.6) is 0 Å². The SMILES string of the molecule is COC(=O)c1cc(NC(=O)CCCNC(=O)c2cc(NC(=O)c3cc4ccccc4[nH]3)cn2C)cn1C. The summed E-state index contributed by atoms with van der Waals surface area (Å²) >= 11 is 0. The molecule has 1 aromatic carbocycles. The molecule has 0 aliphatic carbocycles. The molecule has 0 aliphatic heterocycles. The van der Waals surface area contributed by atoms with Gasteiger partial charge in [-0.2, -0.15) is 0 Å². The third-order valence-electron chi connectivity index (χ3n) is 5.82. The normalized spacial score (nSPS) is 10.8. The first-order valence-corrected chi connectivity index (χ1v) is 11.6. The molecule has 192 valence electrons. The van der Waals surface area contributed by atoms with Gasteiger partial charge >= 0.3 is 5.97 Å². The van der Waals surface area contributed by atoms with Crippen molar-refractivity contribution in [2.75, 3.05) is 24.3 Å². The van der Waals surface area contributed by atoms with E-state index < -0.39 is 5.97 Å². The lowest BCUT2D eigenvalue weighted by molar-refractivity contribution is -0.116. The van der Waals surface area contributed by atoms with E-state index in [1.807, 2.05) is 24.3 Å². The molecule has 0 bridgehead atoms. The van der Waals surface area contributed by atoms with Crippen LogP contribution < -0.4 is 16.0 Å². The zero-order valence-corrected chi connectivity index (χ0v) is 20.8. The largest absolute Gasteiger partial charge is 0.464 e. The number of aromatic amines is 1. The van der Waals surface area contributed by atoms with Gasteiger partial charge in [-0.05, 0) is 30.7 Å². The predicted octanol–water partition coefficient (Wildman–Crippen LogP) is 3.03. The Morgan fingerprint density at radius 1 is 0.892 bits per heavy atom. The summed E-state index contributed by atoms with van der Waals surface area (Å²) < 4.78 is 7.89. The maximum absolute atomic E-state index is 12.6. The van der Waals surface area contributed by atoms with Crippen LogP contribution in [0.2, 0.25) is 0 Å². The average Bonchev–Trinajstić information content (AvgIpc) is 3.57. The first kappa shape index (κ1) is 25.3. The Hall–Kier alpha value is -4.80. The number of esters is 1. The Morgan fingerprint density at radius 2 is 1.57 bits per heavy atom. The van der Waals surface area contributed by atoms with Gasteiger partial charge in [0.25, 0.3) is 11.8 Å². The Bertz CT molecular complexity index is 1440. The fourth-order valence-corrected chi connectivity index (χ4v) is 3.96. The second kappa shape index (κ2) is 10.9. The Balaban J connectivity index is 1.25. The van der Waals surface area contributed by atoms with Crippen LogP contribution in [0.25, 0.3) is 10.9 Å². The monoisotopic (exact) mass is 504 g/mol. The van der Waals surface area contributed by atoms with Crippen LogP contribution in [-0.4, -0.2) is 51.5 Å². The molecule has 3 amide bonds. The topological polar surface area (TPSA) is 139 Å². The van der Waals surface area contributed by atoms with E-state index in [0.29, 0.717) is 34.9 Å². The van der Waals surface area contributed by atoms with Gasteiger partial charge in [-0.1, -0.05) is 18.2 Å². The smallest absolute Gasteiger partial charge is 0.354 e. The van der Waals surface area contributed by atoms with Gasteiger partial charge in [0.05, 0.1) is 18.5 Å². The maximum atomic E-state index is 12.6. The van der Waals surface area contributed by atoms with Crippen LogP contribution in [-0.2, 0) is 23.6 Å². The highest BCUT2D eigenvalue weighted by atomic mass is 16.5. The number of fused-ring (bicyclic) bond motifs is 1. The first-order chi connectivity index (χ1) is 17.7. The maximum Gasteiger partial charge on any atom is 0.354 e. The molecule has 11 heteroatoms. The van der Waals surface area contributed by atoms with Crippen LogP contribution in [0, 0.1) is 0 Å². The zero-order chi connectivity index (χ0) is 26.5. The van der Waals surface area contributed by atoms with E-state index in [1.165, 1.54) is 13.2 Å². The van der Waals surface area contributed by atoms with Crippen molar-refractivity contribution < 1.29 is 23.9 Å². The number of methoxy groups -OCH3 is 1. The van der Waals surface area contributed by atoms with E-state index in [1.54, 1.807) is 47.8 Å². The molecule has 0 unspecified atom stereocenters. The minimum Gasteiger partial charge on any atom is -0.464 e. The van der Waals surface area contributed by atoms with E-state index in [9.17, 15) is 19.2 Å². The van der Waals surface area contributed by atoms with E-state index in [4.69, 9.17) is 4.74 Å². The van der Waals surface area contributed by atoms with Gasteiger partial charge in [-0.3, -0.25) is 14.4 Å². The van der Waals surface area contributed by atoms with Gasteiger partial charge in [0.2, 0.25) is 5.91 Å². The molecule has 4 aromatic rings. The van der Waals surface area contributed by atoms with Crippen LogP contribution in [0.4, 0.5) is 11.4 Å². The molecule has 3 heterocycles. The number of anilines is 2. The number of H-pyrrole nitrogens is 1. The molecule has 4 N–H and O–H groups in total. The summed E-state index contributed by atoms with van der Waals surface area (Å²) in [6.45, 7) is 0.288. The molecule has 37 heavy (non-hydrogen) atoms. The second-order valence-electron chi connectivity index (χ2n) is 8.57. The van der Waals surface area contributed by atoms with Gasteiger partial charge in [0, 0.05) is 50.4 Å². The Morgan fingerprint density at radius 3 is 2.30 bits per heavy atom. The van der Waals surface area contributed by atoms with Crippen LogP contribution in [0.15, 0.2) is 54.9 Å². The first-order valence-electron chi connectivity index (χ1n) is 11.6. The lowest BCUT2D eigenvalue weighted by Crippen LogP contribution is -2.27. The summed E-state index contributed by atoms with van der Waals surface area (Å²) in [4.78, 5) is 52.2. The van der Waals surface area contributed by atoms with Crippen molar-refractivity contribution in [2.45, 2.75) is 12.8 Å². The molecular formula is C26H28N6O5. The number of nitrogens with zero attached hydrogens (tertiary/aromatic N) is 2. The van der Waals surface area contributed by atoms with Crippen LogP contribution in [0.3, 0.4) is 0 Å². The number of nitrogens with one attached hydrogen (secondary N) is 4. The molecule has 4 rings (SSSR count). The number of aromatic nitrogens is 3. The van der Waals surface area contributed by atoms with Crippen molar-refractivity contribution in [3.05, 3.63) is 71.9 Å². The zero-order valence-electron chi connectivity index (χ0n) is 20.8. The number of aryl methyl sites for hydroxylation is 2. The van der Waals surface area contributed by atoms with Crippen molar-refractivity contribution in [3.63, 3.8) is 0 Å². The van der Waals surface area contributed by atoms with Crippen molar-refractivity contribution in [1.29, 1.82) is 0 Å². The molecule has 0 aliphatic rings. The fourth-order valence-electron chi connectivity index (χ4n) is 3.96. The van der Waals surface area contributed by atoms with Crippen LogP contribution in [0.1, 0.15) is 44.3 Å². The van der Waals surface area contributed by atoms with Crippen molar-refractivity contribution >= 4 is 46.0 Å². The molecule has 0 spiro atoms. The number of amides is 3. The van der Waals surface area contributed by atoms with E-state index >= 15 is 0 Å². The van der Waals surface area contributed by atoms with Crippen molar-refractivity contribution in [2.24, 2.45) is 14.1 Å². The summed E-state index contributed by atoms with van der Waals surface area (Å²) in [5, 5.41) is 9.25.